The molecule has 0 saturated heterocycles. The molecule has 0 radical (unpaired) electrons. The van der Waals surface area contributed by atoms with Crippen LogP contribution in [0.5, 0.6) is 0 Å². The molecule has 0 aromatic rings. The maximum Gasteiger partial charge on any atom is 0.00903 e. The minimum Gasteiger partial charge on any atom is -0.312 e. The lowest BCUT2D eigenvalue weighted by Gasteiger charge is -2.33. The Balaban J connectivity index is 2.22. The Morgan fingerprint density at radius 1 is 1.08 bits per heavy atom. The van der Waals surface area contributed by atoms with Crippen LogP contribution in [0.2, 0.25) is 0 Å². The zero-order chi connectivity index (χ0) is 9.84. The van der Waals surface area contributed by atoms with Crippen LogP contribution in [0.15, 0.2) is 0 Å². The minimum atomic E-state index is 0.640. The molecule has 0 atom stereocenters. The molecule has 13 heavy (non-hydrogen) atoms. The van der Waals surface area contributed by atoms with Crippen molar-refractivity contribution in [1.29, 1.82) is 0 Å². The quantitative estimate of drug-likeness (QED) is 0.720. The first-order chi connectivity index (χ1) is 6.09. The molecule has 1 aliphatic rings. The van der Waals surface area contributed by atoms with Crippen LogP contribution in [0, 0.1) is 0 Å². The Hall–Kier alpha value is -0.0800. The van der Waals surface area contributed by atoms with Gasteiger partial charge in [-0.15, -0.1) is 0 Å². The molecule has 2 nitrogen and oxygen atoms in total. The molecule has 0 aliphatic heterocycles. The highest BCUT2D eigenvalue weighted by molar-refractivity contribution is 4.81. The van der Waals surface area contributed by atoms with Crippen LogP contribution in [0.3, 0.4) is 0 Å². The first-order valence-corrected chi connectivity index (χ1v) is 5.52. The van der Waals surface area contributed by atoms with Crippen molar-refractivity contribution in [2.45, 2.75) is 57.7 Å². The van der Waals surface area contributed by atoms with Gasteiger partial charge in [0.05, 0.1) is 0 Å². The van der Waals surface area contributed by atoms with Crippen molar-refractivity contribution in [3.8, 4) is 0 Å². The molecule has 78 valence electrons. The molecule has 1 N–H and O–H groups in total. The Kier molecular flexibility index (Phi) is 4.20. The van der Waals surface area contributed by atoms with Crippen LogP contribution in [0.1, 0.15) is 39.5 Å². The van der Waals surface area contributed by atoms with Gasteiger partial charge in [-0.1, -0.05) is 13.8 Å². The van der Waals surface area contributed by atoms with E-state index in [1.54, 1.807) is 0 Å². The number of hydrogen-bond donors (Lipinski definition) is 1. The van der Waals surface area contributed by atoms with E-state index in [0.29, 0.717) is 6.04 Å². The predicted molar refractivity (Wildman–Crippen MR) is 58.0 cm³/mol. The van der Waals surface area contributed by atoms with E-state index in [-0.39, 0.29) is 0 Å². The van der Waals surface area contributed by atoms with Crippen molar-refractivity contribution in [2.75, 3.05) is 14.1 Å². The van der Waals surface area contributed by atoms with E-state index < -0.39 is 0 Å². The summed E-state index contributed by atoms with van der Waals surface area (Å²) in [5.41, 5.74) is 0. The third-order valence-corrected chi connectivity index (χ3v) is 3.00. The third-order valence-electron chi connectivity index (χ3n) is 3.00. The molecular weight excluding hydrogens is 160 g/mol. The second-order valence-electron chi connectivity index (χ2n) is 4.79. The van der Waals surface area contributed by atoms with E-state index >= 15 is 0 Å². The molecular formula is C11H24N2. The van der Waals surface area contributed by atoms with E-state index in [4.69, 9.17) is 0 Å². The Bertz CT molecular complexity index is 135. The fourth-order valence-electron chi connectivity index (χ4n) is 2.23. The van der Waals surface area contributed by atoms with E-state index in [1.165, 1.54) is 25.7 Å². The highest BCUT2D eigenvalue weighted by Crippen LogP contribution is 2.21. The van der Waals surface area contributed by atoms with Crippen molar-refractivity contribution < 1.29 is 0 Å². The average molecular weight is 184 g/mol. The standard InChI is InChI=1S/C11H24N2/c1-9(2)12-10-5-7-11(8-6-10)13(3)4/h9-12H,5-8H2,1-4H3. The predicted octanol–water partition coefficient (Wildman–Crippen LogP) is 1.86. The summed E-state index contributed by atoms with van der Waals surface area (Å²) in [6.07, 6.45) is 5.41. The molecule has 0 bridgehead atoms. The van der Waals surface area contributed by atoms with Gasteiger partial charge in [-0.2, -0.15) is 0 Å². The second-order valence-corrected chi connectivity index (χ2v) is 4.79. The highest BCUT2D eigenvalue weighted by Gasteiger charge is 2.22. The molecule has 0 heterocycles. The van der Waals surface area contributed by atoms with Gasteiger partial charge in [0.1, 0.15) is 0 Å². The van der Waals surface area contributed by atoms with Crippen molar-refractivity contribution in [1.82, 2.24) is 10.2 Å². The van der Waals surface area contributed by atoms with Gasteiger partial charge in [-0.25, -0.2) is 0 Å². The van der Waals surface area contributed by atoms with Crippen molar-refractivity contribution in [3.05, 3.63) is 0 Å². The van der Waals surface area contributed by atoms with Gasteiger partial charge >= 0.3 is 0 Å². The van der Waals surface area contributed by atoms with Crippen LogP contribution in [-0.4, -0.2) is 37.1 Å². The van der Waals surface area contributed by atoms with Gasteiger partial charge in [0, 0.05) is 18.1 Å². The molecule has 0 aromatic heterocycles. The second kappa shape index (κ2) is 4.97. The van der Waals surface area contributed by atoms with Crippen molar-refractivity contribution in [2.24, 2.45) is 0 Å². The number of nitrogens with one attached hydrogen (secondary N) is 1. The zero-order valence-corrected chi connectivity index (χ0v) is 9.51. The van der Waals surface area contributed by atoms with Crippen LogP contribution in [-0.2, 0) is 0 Å². The maximum absolute atomic E-state index is 3.62. The van der Waals surface area contributed by atoms with Crippen molar-refractivity contribution >= 4 is 0 Å². The fraction of sp³-hybridized carbons (Fsp3) is 1.00. The molecule has 0 unspecified atom stereocenters. The van der Waals surface area contributed by atoms with Crippen molar-refractivity contribution in [3.63, 3.8) is 0 Å². The Labute approximate surface area is 82.7 Å². The monoisotopic (exact) mass is 184 g/mol. The molecule has 1 fully saturated rings. The molecule has 1 aliphatic carbocycles. The summed E-state index contributed by atoms with van der Waals surface area (Å²) in [5, 5.41) is 3.62. The number of rotatable bonds is 3. The summed E-state index contributed by atoms with van der Waals surface area (Å²) in [7, 11) is 4.39. The summed E-state index contributed by atoms with van der Waals surface area (Å²) in [4.78, 5) is 2.37. The number of hydrogen-bond acceptors (Lipinski definition) is 2. The van der Waals surface area contributed by atoms with Crippen LogP contribution < -0.4 is 5.32 Å². The topological polar surface area (TPSA) is 15.3 Å². The van der Waals surface area contributed by atoms with Gasteiger partial charge in [0.15, 0.2) is 0 Å². The van der Waals surface area contributed by atoms with Gasteiger partial charge in [-0.05, 0) is 39.8 Å². The Morgan fingerprint density at radius 2 is 1.62 bits per heavy atom. The summed E-state index contributed by atoms with van der Waals surface area (Å²) < 4.78 is 0. The lowest BCUT2D eigenvalue weighted by Crippen LogP contribution is -2.41. The van der Waals surface area contributed by atoms with E-state index in [9.17, 15) is 0 Å². The third kappa shape index (κ3) is 3.65. The van der Waals surface area contributed by atoms with Gasteiger partial charge in [0.25, 0.3) is 0 Å². The molecule has 0 spiro atoms. The SMILES string of the molecule is CC(C)NC1CCC(N(C)C)CC1. The molecule has 2 heteroatoms. The lowest BCUT2D eigenvalue weighted by atomic mass is 9.90. The van der Waals surface area contributed by atoms with E-state index in [2.05, 4.69) is 38.2 Å². The molecule has 0 aromatic carbocycles. The first kappa shape index (κ1) is 11.0. The summed E-state index contributed by atoms with van der Waals surface area (Å²) in [5.74, 6) is 0. The average Bonchev–Trinajstić information content (AvgIpc) is 2.04. The summed E-state index contributed by atoms with van der Waals surface area (Å²) >= 11 is 0. The number of nitrogens with zero attached hydrogens (tertiary/aromatic N) is 1. The normalized spacial score (nSPS) is 30.0. The van der Waals surface area contributed by atoms with E-state index in [1.807, 2.05) is 0 Å². The largest absolute Gasteiger partial charge is 0.312 e. The van der Waals surface area contributed by atoms with E-state index in [0.717, 1.165) is 12.1 Å². The fourth-order valence-corrected chi connectivity index (χ4v) is 2.23. The minimum absolute atomic E-state index is 0.640. The molecule has 1 saturated carbocycles. The summed E-state index contributed by atoms with van der Waals surface area (Å²) in [6, 6.07) is 2.24. The molecule has 0 amide bonds. The maximum atomic E-state index is 3.62. The zero-order valence-electron chi connectivity index (χ0n) is 9.51. The summed E-state index contributed by atoms with van der Waals surface area (Å²) in [6.45, 7) is 4.47. The van der Waals surface area contributed by atoms with Crippen LogP contribution in [0.4, 0.5) is 0 Å². The van der Waals surface area contributed by atoms with Crippen LogP contribution >= 0.6 is 0 Å². The lowest BCUT2D eigenvalue weighted by molar-refractivity contribution is 0.201. The highest BCUT2D eigenvalue weighted by atomic mass is 15.1. The first-order valence-electron chi connectivity index (χ1n) is 5.52. The molecule has 1 rings (SSSR count). The van der Waals surface area contributed by atoms with Gasteiger partial charge < -0.3 is 10.2 Å². The van der Waals surface area contributed by atoms with Crippen LogP contribution in [0.25, 0.3) is 0 Å². The smallest absolute Gasteiger partial charge is 0.00903 e. The van der Waals surface area contributed by atoms with Gasteiger partial charge in [0.2, 0.25) is 0 Å². The van der Waals surface area contributed by atoms with Gasteiger partial charge in [-0.3, -0.25) is 0 Å². The Morgan fingerprint density at radius 3 is 2.00 bits per heavy atom.